The number of para-hydroxylation sites is 2. The van der Waals surface area contributed by atoms with Crippen LogP contribution in [0, 0.1) is 0 Å². The van der Waals surface area contributed by atoms with E-state index in [1.54, 1.807) is 12.1 Å². The van der Waals surface area contributed by atoms with E-state index in [1.165, 1.54) is 6.20 Å². The van der Waals surface area contributed by atoms with Crippen molar-refractivity contribution in [2.75, 3.05) is 0 Å². The summed E-state index contributed by atoms with van der Waals surface area (Å²) in [6, 6.07) is 11.1. The van der Waals surface area contributed by atoms with Gasteiger partial charge in [-0.25, -0.2) is 9.97 Å². The minimum absolute atomic E-state index is 0.0206. The monoisotopic (exact) mass is 285 g/mol. The molecule has 0 spiro atoms. The van der Waals surface area contributed by atoms with Crippen molar-refractivity contribution in [2.45, 2.75) is 6.42 Å². The third-order valence-electron chi connectivity index (χ3n) is 3.25. The Labute approximate surface area is 121 Å². The van der Waals surface area contributed by atoms with Crippen molar-refractivity contribution in [3.8, 4) is 0 Å². The van der Waals surface area contributed by atoms with E-state index in [2.05, 4.69) is 9.97 Å². The summed E-state index contributed by atoms with van der Waals surface area (Å²) in [5, 5.41) is 0.320. The molecule has 0 amide bonds. The van der Waals surface area contributed by atoms with E-state index in [-0.39, 0.29) is 12.2 Å². The number of carbonyl (C=O) groups is 1. The SMILES string of the molecule is Cn1c(CC(=O)c2ccnc(Cl)c2)nc2ccccc21. The molecule has 0 N–H and O–H groups in total. The van der Waals surface area contributed by atoms with Gasteiger partial charge < -0.3 is 4.57 Å². The molecule has 20 heavy (non-hydrogen) atoms. The Balaban J connectivity index is 1.93. The maximum atomic E-state index is 12.3. The van der Waals surface area contributed by atoms with E-state index in [0.29, 0.717) is 10.7 Å². The van der Waals surface area contributed by atoms with Crippen LogP contribution in [0.5, 0.6) is 0 Å². The molecular weight excluding hydrogens is 274 g/mol. The van der Waals surface area contributed by atoms with Crippen molar-refractivity contribution in [1.29, 1.82) is 0 Å². The van der Waals surface area contributed by atoms with Crippen molar-refractivity contribution in [3.63, 3.8) is 0 Å². The lowest BCUT2D eigenvalue weighted by Gasteiger charge is -2.02. The molecule has 2 heterocycles. The normalized spacial score (nSPS) is 10.9. The number of ketones is 1. The number of rotatable bonds is 3. The number of Topliss-reactive ketones (excluding diaryl/α,β-unsaturated/α-hetero) is 1. The van der Waals surface area contributed by atoms with Gasteiger partial charge in [-0.15, -0.1) is 0 Å². The molecule has 0 saturated carbocycles. The van der Waals surface area contributed by atoms with Crippen LogP contribution in [0.3, 0.4) is 0 Å². The van der Waals surface area contributed by atoms with Gasteiger partial charge in [-0.2, -0.15) is 0 Å². The number of hydrogen-bond donors (Lipinski definition) is 0. The summed E-state index contributed by atoms with van der Waals surface area (Å²) < 4.78 is 1.94. The number of benzene rings is 1. The molecule has 4 nitrogen and oxygen atoms in total. The quantitative estimate of drug-likeness (QED) is 0.549. The third-order valence-corrected chi connectivity index (χ3v) is 3.45. The number of nitrogens with zero attached hydrogens (tertiary/aromatic N) is 3. The van der Waals surface area contributed by atoms with Crippen molar-refractivity contribution < 1.29 is 4.79 Å². The number of aryl methyl sites for hydroxylation is 1. The molecule has 1 aromatic carbocycles. The molecule has 0 atom stereocenters. The highest BCUT2D eigenvalue weighted by molar-refractivity contribution is 6.29. The second-order valence-electron chi connectivity index (χ2n) is 4.54. The fourth-order valence-electron chi connectivity index (χ4n) is 2.18. The third kappa shape index (κ3) is 2.30. The number of aromatic nitrogens is 3. The molecule has 0 aliphatic carbocycles. The van der Waals surface area contributed by atoms with Gasteiger partial charge in [0.15, 0.2) is 5.78 Å². The van der Waals surface area contributed by atoms with Crippen LogP contribution >= 0.6 is 11.6 Å². The van der Waals surface area contributed by atoms with Crippen molar-refractivity contribution >= 4 is 28.4 Å². The van der Waals surface area contributed by atoms with Crippen LogP contribution in [0.4, 0.5) is 0 Å². The predicted molar refractivity (Wildman–Crippen MR) is 78.0 cm³/mol. The highest BCUT2D eigenvalue weighted by atomic mass is 35.5. The first-order chi connectivity index (χ1) is 9.65. The van der Waals surface area contributed by atoms with Gasteiger partial charge in [0.1, 0.15) is 11.0 Å². The molecule has 3 rings (SSSR count). The minimum atomic E-state index is -0.0206. The minimum Gasteiger partial charge on any atom is -0.331 e. The average molecular weight is 286 g/mol. The van der Waals surface area contributed by atoms with Gasteiger partial charge in [0.25, 0.3) is 0 Å². The van der Waals surface area contributed by atoms with Gasteiger partial charge in [0, 0.05) is 18.8 Å². The van der Waals surface area contributed by atoms with Crippen LogP contribution in [-0.2, 0) is 13.5 Å². The van der Waals surface area contributed by atoms with Crippen LogP contribution in [0.25, 0.3) is 11.0 Å². The molecule has 100 valence electrons. The van der Waals surface area contributed by atoms with Crippen LogP contribution in [0.15, 0.2) is 42.6 Å². The van der Waals surface area contributed by atoms with Gasteiger partial charge in [-0.05, 0) is 24.3 Å². The van der Waals surface area contributed by atoms with Gasteiger partial charge in [0.2, 0.25) is 0 Å². The van der Waals surface area contributed by atoms with E-state index in [1.807, 2.05) is 35.9 Å². The van der Waals surface area contributed by atoms with Gasteiger partial charge in [0.05, 0.1) is 17.5 Å². The molecule has 5 heteroatoms. The van der Waals surface area contributed by atoms with Crippen LogP contribution in [-0.4, -0.2) is 20.3 Å². The topological polar surface area (TPSA) is 47.8 Å². The largest absolute Gasteiger partial charge is 0.331 e. The summed E-state index contributed by atoms with van der Waals surface area (Å²) in [6.07, 6.45) is 1.77. The van der Waals surface area contributed by atoms with E-state index < -0.39 is 0 Å². The molecule has 0 fully saturated rings. The second kappa shape index (κ2) is 5.06. The van der Waals surface area contributed by atoms with Crippen LogP contribution < -0.4 is 0 Å². The number of pyridine rings is 1. The summed E-state index contributed by atoms with van der Waals surface area (Å²) in [5.74, 6) is 0.719. The molecule has 0 saturated heterocycles. The van der Waals surface area contributed by atoms with E-state index in [0.717, 1.165) is 16.9 Å². The standard InChI is InChI=1S/C15H12ClN3O/c1-19-12-5-3-2-4-11(12)18-15(19)9-13(20)10-6-7-17-14(16)8-10/h2-8H,9H2,1H3. The predicted octanol–water partition coefficient (Wildman–Crippen LogP) is 3.05. The maximum Gasteiger partial charge on any atom is 0.170 e. The number of halogens is 1. The Hall–Kier alpha value is -2.20. The molecule has 3 aromatic rings. The highest BCUT2D eigenvalue weighted by Gasteiger charge is 2.13. The van der Waals surface area contributed by atoms with Gasteiger partial charge in [-0.1, -0.05) is 23.7 Å². The van der Waals surface area contributed by atoms with Crippen molar-refractivity contribution in [1.82, 2.24) is 14.5 Å². The first-order valence-corrected chi connectivity index (χ1v) is 6.58. The zero-order valence-electron chi connectivity index (χ0n) is 10.9. The molecule has 0 unspecified atom stereocenters. The maximum absolute atomic E-state index is 12.3. The number of imidazole rings is 1. The Morgan fingerprint density at radius 3 is 2.85 bits per heavy atom. The fourth-order valence-corrected chi connectivity index (χ4v) is 2.35. The summed E-state index contributed by atoms with van der Waals surface area (Å²) >= 11 is 5.80. The zero-order valence-corrected chi connectivity index (χ0v) is 11.6. The van der Waals surface area contributed by atoms with E-state index in [4.69, 9.17) is 11.6 Å². The van der Waals surface area contributed by atoms with Gasteiger partial charge in [-0.3, -0.25) is 4.79 Å². The Kier molecular flexibility index (Phi) is 3.24. The number of hydrogen-bond acceptors (Lipinski definition) is 3. The van der Waals surface area contributed by atoms with Crippen molar-refractivity contribution in [3.05, 3.63) is 59.1 Å². The Morgan fingerprint density at radius 2 is 2.10 bits per heavy atom. The lowest BCUT2D eigenvalue weighted by molar-refractivity contribution is 0.0990. The first-order valence-electron chi connectivity index (χ1n) is 6.20. The molecular formula is C15H12ClN3O. The number of fused-ring (bicyclic) bond motifs is 1. The molecule has 0 bridgehead atoms. The molecule has 0 aliphatic heterocycles. The smallest absolute Gasteiger partial charge is 0.170 e. The summed E-state index contributed by atoms with van der Waals surface area (Å²) in [4.78, 5) is 20.6. The Bertz CT molecular complexity index is 795. The zero-order chi connectivity index (χ0) is 14.1. The lowest BCUT2D eigenvalue weighted by atomic mass is 10.1. The van der Waals surface area contributed by atoms with Gasteiger partial charge >= 0.3 is 0 Å². The molecule has 0 radical (unpaired) electrons. The second-order valence-corrected chi connectivity index (χ2v) is 4.93. The molecule has 2 aromatic heterocycles. The first kappa shape index (κ1) is 12.8. The average Bonchev–Trinajstić information content (AvgIpc) is 2.76. The van der Waals surface area contributed by atoms with E-state index >= 15 is 0 Å². The molecule has 0 aliphatic rings. The fraction of sp³-hybridized carbons (Fsp3) is 0.133. The lowest BCUT2D eigenvalue weighted by Crippen LogP contribution is -2.08. The highest BCUT2D eigenvalue weighted by Crippen LogP contribution is 2.16. The summed E-state index contributed by atoms with van der Waals surface area (Å²) in [7, 11) is 1.91. The van der Waals surface area contributed by atoms with E-state index in [9.17, 15) is 4.79 Å². The summed E-state index contributed by atoms with van der Waals surface area (Å²) in [5.41, 5.74) is 2.46. The number of carbonyl (C=O) groups excluding carboxylic acids is 1. The van der Waals surface area contributed by atoms with Crippen LogP contribution in [0.1, 0.15) is 16.2 Å². The van der Waals surface area contributed by atoms with Crippen LogP contribution in [0.2, 0.25) is 5.15 Å². The van der Waals surface area contributed by atoms with Crippen molar-refractivity contribution in [2.24, 2.45) is 7.05 Å². The summed E-state index contributed by atoms with van der Waals surface area (Å²) in [6.45, 7) is 0. The Morgan fingerprint density at radius 1 is 1.30 bits per heavy atom.